The van der Waals surface area contributed by atoms with Crippen LogP contribution in [0.15, 0.2) is 53.3 Å². The van der Waals surface area contributed by atoms with Crippen molar-refractivity contribution in [1.82, 2.24) is 19.8 Å². The van der Waals surface area contributed by atoms with Crippen LogP contribution in [-0.4, -0.2) is 59.0 Å². The molecule has 1 fully saturated rings. The summed E-state index contributed by atoms with van der Waals surface area (Å²) in [6.07, 6.45) is 0.244. The number of carbonyl (C=O) groups excluding carboxylic acids is 2. The van der Waals surface area contributed by atoms with Gasteiger partial charge in [-0.05, 0) is 42.5 Å². The third-order valence-corrected chi connectivity index (χ3v) is 6.12. The molecule has 0 radical (unpaired) electrons. The Kier molecular flexibility index (Phi) is 6.36. The van der Waals surface area contributed by atoms with Gasteiger partial charge in [-0.25, -0.2) is 0 Å². The molecule has 2 heterocycles. The van der Waals surface area contributed by atoms with Crippen LogP contribution in [0, 0.1) is 4.77 Å². The fraction of sp³-hybridized carbons (Fsp3) is 0.304. The average molecular weight is 452 g/mol. The number of aromatic amines is 1. The first kappa shape index (κ1) is 21.8. The minimum Gasteiger partial charge on any atom is -0.368 e. The number of hydrogen-bond donors (Lipinski definition) is 2. The highest BCUT2D eigenvalue weighted by Crippen LogP contribution is 2.16. The first-order valence-corrected chi connectivity index (χ1v) is 10.9. The van der Waals surface area contributed by atoms with Gasteiger partial charge in [0.05, 0.1) is 10.9 Å². The van der Waals surface area contributed by atoms with Crippen LogP contribution in [0.1, 0.15) is 16.8 Å². The van der Waals surface area contributed by atoms with Crippen molar-refractivity contribution in [2.24, 2.45) is 7.05 Å². The Morgan fingerprint density at radius 1 is 1.06 bits per heavy atom. The molecule has 1 aromatic heterocycles. The third-order valence-electron chi connectivity index (χ3n) is 5.74. The van der Waals surface area contributed by atoms with Gasteiger partial charge in [0, 0.05) is 57.4 Å². The molecule has 0 atom stereocenters. The summed E-state index contributed by atoms with van der Waals surface area (Å²) in [5.74, 6) is -0.266. The predicted octanol–water partition coefficient (Wildman–Crippen LogP) is 2.06. The smallest absolute Gasteiger partial charge is 0.261 e. The maximum atomic E-state index is 12.5. The van der Waals surface area contributed by atoms with Gasteiger partial charge in [0.25, 0.3) is 11.5 Å². The number of rotatable bonds is 5. The van der Waals surface area contributed by atoms with E-state index in [2.05, 4.69) is 27.3 Å². The molecule has 0 unspecified atom stereocenters. The van der Waals surface area contributed by atoms with Crippen molar-refractivity contribution in [3.8, 4) is 0 Å². The molecule has 2 aromatic carbocycles. The summed E-state index contributed by atoms with van der Waals surface area (Å²) in [5.41, 5.74) is 1.87. The maximum Gasteiger partial charge on any atom is 0.261 e. The molecule has 2 N–H and O–H groups in total. The molecule has 2 amide bonds. The van der Waals surface area contributed by atoms with E-state index in [9.17, 15) is 14.4 Å². The summed E-state index contributed by atoms with van der Waals surface area (Å²) in [6, 6.07) is 15.0. The van der Waals surface area contributed by atoms with Crippen LogP contribution < -0.4 is 15.8 Å². The average Bonchev–Trinajstić information content (AvgIpc) is 2.82. The number of amides is 2. The SMILES string of the molecule is Cn1c(=S)[nH]c2cc(C(=O)NCCC(=O)N3CCN(c4ccccc4)CC3)ccc2c1=O. The molecule has 0 bridgehead atoms. The molecule has 9 heteroatoms. The molecule has 32 heavy (non-hydrogen) atoms. The Hall–Kier alpha value is -3.46. The molecule has 0 spiro atoms. The number of para-hydroxylation sites is 1. The van der Waals surface area contributed by atoms with E-state index in [0.29, 0.717) is 29.6 Å². The first-order chi connectivity index (χ1) is 15.4. The fourth-order valence-electron chi connectivity index (χ4n) is 3.84. The molecule has 4 rings (SSSR count). The van der Waals surface area contributed by atoms with Crippen molar-refractivity contribution in [3.63, 3.8) is 0 Å². The van der Waals surface area contributed by atoms with Crippen molar-refractivity contribution in [3.05, 3.63) is 69.2 Å². The standard InChI is InChI=1S/C23H25N5O3S/c1-26-22(31)18-8-7-16(15-19(18)25-23(26)32)21(30)24-10-9-20(29)28-13-11-27(12-14-28)17-5-3-2-4-6-17/h2-8,15H,9-14H2,1H3,(H,24,30)(H,25,32). The number of anilines is 1. The van der Waals surface area contributed by atoms with E-state index in [4.69, 9.17) is 12.2 Å². The van der Waals surface area contributed by atoms with Crippen molar-refractivity contribution >= 4 is 40.6 Å². The van der Waals surface area contributed by atoms with E-state index in [1.807, 2.05) is 23.1 Å². The van der Waals surface area contributed by atoms with E-state index >= 15 is 0 Å². The highest BCUT2D eigenvalue weighted by Gasteiger charge is 2.21. The van der Waals surface area contributed by atoms with Crippen molar-refractivity contribution in [2.75, 3.05) is 37.6 Å². The maximum absolute atomic E-state index is 12.5. The second kappa shape index (κ2) is 9.35. The number of nitrogens with zero attached hydrogens (tertiary/aromatic N) is 3. The molecule has 3 aromatic rings. The molecular weight excluding hydrogens is 426 g/mol. The number of carbonyl (C=O) groups is 2. The number of nitrogens with one attached hydrogen (secondary N) is 2. The third kappa shape index (κ3) is 4.57. The summed E-state index contributed by atoms with van der Waals surface area (Å²) < 4.78 is 1.64. The summed E-state index contributed by atoms with van der Waals surface area (Å²) in [4.78, 5) is 44.4. The van der Waals surface area contributed by atoms with Gasteiger partial charge in [0.2, 0.25) is 5.91 Å². The number of piperazine rings is 1. The molecule has 166 valence electrons. The number of aromatic nitrogens is 2. The Bertz CT molecular complexity index is 1260. The monoisotopic (exact) mass is 451 g/mol. The second-order valence-corrected chi connectivity index (χ2v) is 8.15. The number of benzene rings is 2. The number of H-pyrrole nitrogens is 1. The van der Waals surface area contributed by atoms with Crippen molar-refractivity contribution in [2.45, 2.75) is 6.42 Å². The fourth-order valence-corrected chi connectivity index (χ4v) is 4.04. The van der Waals surface area contributed by atoms with Gasteiger partial charge in [0.1, 0.15) is 0 Å². The molecule has 1 aliphatic rings. The van der Waals surface area contributed by atoms with Crippen LogP contribution in [0.5, 0.6) is 0 Å². The highest BCUT2D eigenvalue weighted by molar-refractivity contribution is 7.71. The van der Waals surface area contributed by atoms with Crippen LogP contribution >= 0.6 is 12.2 Å². The lowest BCUT2D eigenvalue weighted by molar-refractivity contribution is -0.131. The minimum absolute atomic E-state index is 0.0316. The Morgan fingerprint density at radius 3 is 2.50 bits per heavy atom. The van der Waals surface area contributed by atoms with E-state index in [-0.39, 0.29) is 35.1 Å². The quantitative estimate of drug-likeness (QED) is 0.580. The Balaban J connectivity index is 1.29. The summed E-state index contributed by atoms with van der Waals surface area (Å²) in [5, 5.41) is 3.25. The van der Waals surface area contributed by atoms with Crippen LogP contribution in [0.4, 0.5) is 5.69 Å². The lowest BCUT2D eigenvalue weighted by atomic mass is 10.1. The molecule has 8 nitrogen and oxygen atoms in total. The molecular formula is C23H25N5O3S. The largest absolute Gasteiger partial charge is 0.368 e. The van der Waals surface area contributed by atoms with Gasteiger partial charge >= 0.3 is 0 Å². The van der Waals surface area contributed by atoms with Crippen LogP contribution in [0.2, 0.25) is 0 Å². The summed E-state index contributed by atoms with van der Waals surface area (Å²) in [7, 11) is 1.60. The van der Waals surface area contributed by atoms with Crippen LogP contribution in [-0.2, 0) is 11.8 Å². The molecule has 1 aliphatic heterocycles. The predicted molar refractivity (Wildman–Crippen MR) is 127 cm³/mol. The summed E-state index contributed by atoms with van der Waals surface area (Å²) in [6.45, 7) is 3.17. The lowest BCUT2D eigenvalue weighted by Gasteiger charge is -2.36. The highest BCUT2D eigenvalue weighted by atomic mass is 32.1. The molecule has 0 saturated carbocycles. The summed E-state index contributed by atoms with van der Waals surface area (Å²) >= 11 is 5.13. The zero-order valence-corrected chi connectivity index (χ0v) is 18.7. The minimum atomic E-state index is -0.298. The van der Waals surface area contributed by atoms with Crippen molar-refractivity contribution < 1.29 is 9.59 Å². The van der Waals surface area contributed by atoms with Gasteiger partial charge in [-0.3, -0.25) is 19.0 Å². The van der Waals surface area contributed by atoms with Crippen LogP contribution in [0.25, 0.3) is 10.9 Å². The van der Waals surface area contributed by atoms with E-state index < -0.39 is 0 Å². The van der Waals surface area contributed by atoms with Gasteiger partial charge in [-0.2, -0.15) is 0 Å². The van der Waals surface area contributed by atoms with Gasteiger partial charge in [-0.1, -0.05) is 18.2 Å². The number of fused-ring (bicyclic) bond motifs is 1. The van der Waals surface area contributed by atoms with Crippen LogP contribution in [0.3, 0.4) is 0 Å². The van der Waals surface area contributed by atoms with Gasteiger partial charge in [0.15, 0.2) is 4.77 Å². The van der Waals surface area contributed by atoms with E-state index in [0.717, 1.165) is 13.1 Å². The lowest BCUT2D eigenvalue weighted by Crippen LogP contribution is -2.49. The van der Waals surface area contributed by atoms with E-state index in [1.165, 1.54) is 10.3 Å². The Morgan fingerprint density at radius 2 is 1.78 bits per heavy atom. The van der Waals surface area contributed by atoms with E-state index in [1.54, 1.807) is 25.2 Å². The zero-order chi connectivity index (χ0) is 22.7. The normalized spacial score (nSPS) is 13.9. The zero-order valence-electron chi connectivity index (χ0n) is 17.8. The topological polar surface area (TPSA) is 90.4 Å². The molecule has 0 aliphatic carbocycles. The van der Waals surface area contributed by atoms with Gasteiger partial charge in [-0.15, -0.1) is 0 Å². The molecule has 1 saturated heterocycles. The second-order valence-electron chi connectivity index (χ2n) is 7.76. The number of hydrogen-bond acceptors (Lipinski definition) is 5. The first-order valence-electron chi connectivity index (χ1n) is 10.5. The Labute approximate surface area is 190 Å². The van der Waals surface area contributed by atoms with Gasteiger partial charge < -0.3 is 20.1 Å². The van der Waals surface area contributed by atoms with Crippen molar-refractivity contribution in [1.29, 1.82) is 0 Å².